The fourth-order valence-corrected chi connectivity index (χ4v) is 2.96. The Morgan fingerprint density at radius 2 is 1.88 bits per heavy atom. The molecular weight excluding hydrogens is 330 g/mol. The van der Waals surface area contributed by atoms with Gasteiger partial charge in [-0.3, -0.25) is 0 Å². The third-order valence-electron chi connectivity index (χ3n) is 4.40. The number of nitrogens with zero attached hydrogens (tertiary/aromatic N) is 3. The van der Waals surface area contributed by atoms with Crippen molar-refractivity contribution in [3.05, 3.63) is 71.3 Å². The number of hydrogen-bond donors (Lipinski definition) is 2. The van der Waals surface area contributed by atoms with Gasteiger partial charge in [-0.05, 0) is 29.8 Å². The number of hydrogen-bond acceptors (Lipinski definition) is 5. The van der Waals surface area contributed by atoms with Gasteiger partial charge in [0.15, 0.2) is 11.5 Å². The third kappa shape index (κ3) is 2.80. The number of aliphatic hydroxyl groups is 1. The molecule has 1 unspecified atom stereocenters. The number of hydrazone groups is 1. The quantitative estimate of drug-likeness (QED) is 0.831. The van der Waals surface area contributed by atoms with E-state index in [1.165, 1.54) is 7.11 Å². The SMILES string of the molecule is COc1cc(C2=[N+]3N=C(c4ccc(CO)cc4)C=CC3N=C2)ccc1O. The zero-order valence-corrected chi connectivity index (χ0v) is 14.2. The number of phenolic OH excluding ortho intramolecular Hbond substituents is 1. The summed E-state index contributed by atoms with van der Waals surface area (Å²) >= 11 is 0. The van der Waals surface area contributed by atoms with Crippen LogP contribution in [0.15, 0.2) is 64.7 Å². The molecule has 26 heavy (non-hydrogen) atoms. The molecule has 0 aliphatic carbocycles. The fourth-order valence-electron chi connectivity index (χ4n) is 2.96. The maximum absolute atomic E-state index is 9.81. The number of allylic oxidation sites excluding steroid dienone is 1. The molecule has 2 aromatic carbocycles. The van der Waals surface area contributed by atoms with Crippen molar-refractivity contribution >= 4 is 17.6 Å². The van der Waals surface area contributed by atoms with Crippen LogP contribution in [0.1, 0.15) is 16.7 Å². The lowest BCUT2D eigenvalue weighted by Gasteiger charge is -2.09. The molecule has 2 heterocycles. The Balaban J connectivity index is 1.75. The fraction of sp³-hybridized carbons (Fsp3) is 0.150. The number of ether oxygens (including phenoxy) is 1. The van der Waals surface area contributed by atoms with Crippen LogP contribution in [-0.2, 0) is 6.61 Å². The molecule has 2 N–H and O–H groups in total. The Morgan fingerprint density at radius 3 is 2.62 bits per heavy atom. The van der Waals surface area contributed by atoms with Gasteiger partial charge in [0.2, 0.25) is 0 Å². The lowest BCUT2D eigenvalue weighted by Crippen LogP contribution is -2.25. The minimum absolute atomic E-state index is 0.0191. The highest BCUT2D eigenvalue weighted by Gasteiger charge is 2.33. The van der Waals surface area contributed by atoms with E-state index in [0.717, 1.165) is 28.1 Å². The molecule has 0 saturated heterocycles. The van der Waals surface area contributed by atoms with E-state index in [2.05, 4.69) is 4.99 Å². The van der Waals surface area contributed by atoms with Crippen molar-refractivity contribution in [2.75, 3.05) is 7.11 Å². The summed E-state index contributed by atoms with van der Waals surface area (Å²) in [6, 6.07) is 12.8. The van der Waals surface area contributed by atoms with Gasteiger partial charge in [-0.15, -0.1) is 0 Å². The highest BCUT2D eigenvalue weighted by Crippen LogP contribution is 2.27. The zero-order valence-electron chi connectivity index (χ0n) is 14.2. The molecule has 0 spiro atoms. The predicted molar refractivity (Wildman–Crippen MR) is 99.4 cm³/mol. The first-order valence-corrected chi connectivity index (χ1v) is 8.23. The van der Waals surface area contributed by atoms with Crippen molar-refractivity contribution in [1.82, 2.24) is 0 Å². The highest BCUT2D eigenvalue weighted by atomic mass is 16.5. The van der Waals surface area contributed by atoms with Crippen molar-refractivity contribution in [1.29, 1.82) is 0 Å². The van der Waals surface area contributed by atoms with Crippen molar-refractivity contribution < 1.29 is 19.6 Å². The molecule has 0 fully saturated rings. The zero-order chi connectivity index (χ0) is 18.1. The second kappa shape index (κ2) is 6.57. The van der Waals surface area contributed by atoms with Crippen LogP contribution in [0.2, 0.25) is 0 Å². The van der Waals surface area contributed by atoms with Crippen molar-refractivity contribution in [3.8, 4) is 11.5 Å². The lowest BCUT2D eigenvalue weighted by atomic mass is 10.1. The van der Waals surface area contributed by atoms with E-state index in [1.807, 2.05) is 47.2 Å². The minimum Gasteiger partial charge on any atom is -0.504 e. The van der Waals surface area contributed by atoms with Gasteiger partial charge in [-0.1, -0.05) is 28.9 Å². The van der Waals surface area contributed by atoms with Crippen LogP contribution < -0.4 is 4.74 Å². The van der Waals surface area contributed by atoms with Crippen molar-refractivity contribution in [2.24, 2.45) is 10.1 Å². The average molecular weight is 348 g/mol. The first-order valence-electron chi connectivity index (χ1n) is 8.23. The Hall–Kier alpha value is -3.25. The van der Waals surface area contributed by atoms with Crippen LogP contribution in [0, 0.1) is 0 Å². The molecule has 0 bridgehead atoms. The van der Waals surface area contributed by atoms with Crippen molar-refractivity contribution in [3.63, 3.8) is 0 Å². The molecule has 0 amide bonds. The summed E-state index contributed by atoms with van der Waals surface area (Å²) in [4.78, 5) is 4.48. The third-order valence-corrected chi connectivity index (χ3v) is 4.40. The van der Waals surface area contributed by atoms with Crippen LogP contribution in [-0.4, -0.2) is 45.8 Å². The smallest absolute Gasteiger partial charge is 0.297 e. The van der Waals surface area contributed by atoms with Gasteiger partial charge in [-0.25, -0.2) is 4.99 Å². The largest absolute Gasteiger partial charge is 0.504 e. The number of phenols is 1. The molecule has 0 aromatic heterocycles. The van der Waals surface area contributed by atoms with Crippen LogP contribution in [0.3, 0.4) is 0 Å². The summed E-state index contributed by atoms with van der Waals surface area (Å²) < 4.78 is 7.05. The molecule has 2 aliphatic heterocycles. The molecule has 2 aromatic rings. The van der Waals surface area contributed by atoms with Crippen LogP contribution in [0.25, 0.3) is 0 Å². The number of rotatable bonds is 4. The number of fused-ring (bicyclic) bond motifs is 1. The predicted octanol–water partition coefficient (Wildman–Crippen LogP) is 2.08. The number of benzene rings is 2. The maximum Gasteiger partial charge on any atom is 0.297 e. The topological polar surface area (TPSA) is 77.4 Å². The monoisotopic (exact) mass is 348 g/mol. The minimum atomic E-state index is -0.176. The van der Waals surface area contributed by atoms with Gasteiger partial charge in [0.25, 0.3) is 11.9 Å². The summed E-state index contributed by atoms with van der Waals surface area (Å²) in [7, 11) is 1.52. The van der Waals surface area contributed by atoms with E-state index in [1.54, 1.807) is 18.3 Å². The van der Waals surface area contributed by atoms with Gasteiger partial charge in [-0.2, -0.15) is 0 Å². The summed E-state index contributed by atoms with van der Waals surface area (Å²) in [5.74, 6) is 0.498. The first kappa shape index (κ1) is 16.2. The van der Waals surface area contributed by atoms with Crippen LogP contribution >= 0.6 is 0 Å². The Morgan fingerprint density at radius 1 is 1.12 bits per heavy atom. The number of methoxy groups -OCH3 is 1. The first-order chi connectivity index (χ1) is 12.7. The van der Waals surface area contributed by atoms with Crippen LogP contribution in [0.5, 0.6) is 11.5 Å². The van der Waals surface area contributed by atoms with E-state index in [9.17, 15) is 10.2 Å². The highest BCUT2D eigenvalue weighted by molar-refractivity contribution is 6.36. The summed E-state index contributed by atoms with van der Waals surface area (Å²) in [6.07, 6.45) is 5.54. The number of aromatic hydroxyl groups is 1. The van der Waals surface area contributed by atoms with E-state index in [-0.39, 0.29) is 18.5 Å². The molecule has 1 atom stereocenters. The molecule has 4 rings (SSSR count). The summed E-state index contributed by atoms with van der Waals surface area (Å²) in [6.45, 7) is 0.0191. The maximum atomic E-state index is 9.81. The van der Waals surface area contributed by atoms with E-state index in [4.69, 9.17) is 9.84 Å². The second-order valence-electron chi connectivity index (χ2n) is 6.01. The van der Waals surface area contributed by atoms with Gasteiger partial charge < -0.3 is 14.9 Å². The molecule has 0 radical (unpaired) electrons. The Kier molecular flexibility index (Phi) is 4.10. The number of aliphatic imine (C=N–C) groups is 1. The second-order valence-corrected chi connectivity index (χ2v) is 6.01. The molecule has 2 aliphatic rings. The molecule has 6 heteroatoms. The van der Waals surface area contributed by atoms with Crippen LogP contribution in [0.4, 0.5) is 0 Å². The normalized spacial score (nSPS) is 18.1. The van der Waals surface area contributed by atoms with Gasteiger partial charge in [0.1, 0.15) is 11.9 Å². The number of aliphatic hydroxyl groups excluding tert-OH is 1. The molecule has 0 saturated carbocycles. The van der Waals surface area contributed by atoms with Crippen molar-refractivity contribution in [2.45, 2.75) is 12.8 Å². The average Bonchev–Trinajstić information content (AvgIpc) is 3.11. The summed E-state index contributed by atoms with van der Waals surface area (Å²) in [5, 5.41) is 23.7. The Bertz CT molecular complexity index is 972. The standard InChI is InChI=1S/C20H17N3O3/c1-26-19-10-15(6-8-18(19)25)17-11-21-20-9-7-16(22-23(17)20)14-4-2-13(12-24)3-5-14/h2-11,20,24H,12H2,1H3/p+1. The van der Waals surface area contributed by atoms with E-state index in [0.29, 0.717) is 5.75 Å². The van der Waals surface area contributed by atoms with E-state index >= 15 is 0 Å². The molecule has 6 nitrogen and oxygen atoms in total. The van der Waals surface area contributed by atoms with Gasteiger partial charge >= 0.3 is 0 Å². The molecule has 130 valence electrons. The molecular formula is C20H18N3O3+. The van der Waals surface area contributed by atoms with Gasteiger partial charge in [0, 0.05) is 16.7 Å². The summed E-state index contributed by atoms with van der Waals surface area (Å²) in [5.41, 5.74) is 4.34. The lowest BCUT2D eigenvalue weighted by molar-refractivity contribution is -0.553. The van der Waals surface area contributed by atoms with Gasteiger partial charge in [0.05, 0.1) is 19.3 Å². The Labute approximate surface area is 150 Å². The van der Waals surface area contributed by atoms with E-state index < -0.39 is 0 Å².